The van der Waals surface area contributed by atoms with Gasteiger partial charge in [-0.15, -0.1) is 0 Å². The van der Waals surface area contributed by atoms with E-state index in [2.05, 4.69) is 84.9 Å². The van der Waals surface area contributed by atoms with E-state index in [-0.39, 0.29) is 62.4 Å². The van der Waals surface area contributed by atoms with E-state index in [0.29, 0.717) is 5.56 Å². The van der Waals surface area contributed by atoms with Crippen LogP contribution < -0.4 is 0 Å². The summed E-state index contributed by atoms with van der Waals surface area (Å²) < 4.78 is 85.9. The summed E-state index contributed by atoms with van der Waals surface area (Å²) in [5.74, 6) is 0. The lowest BCUT2D eigenvalue weighted by Gasteiger charge is -2.19. The zero-order chi connectivity index (χ0) is 41.3. The Morgan fingerprint density at radius 1 is 0.373 bits per heavy atom. The molecule has 1 aromatic heterocycles. The maximum Gasteiger partial charge on any atom is 0.136 e. The summed E-state index contributed by atoms with van der Waals surface area (Å²) in [6.45, 7) is 0. The fourth-order valence-corrected chi connectivity index (χ4v) is 7.86. The molecule has 0 unspecified atom stereocenters. The minimum Gasteiger partial charge on any atom is -0.456 e. The Morgan fingerprint density at radius 3 is 1.71 bits per heavy atom. The van der Waals surface area contributed by atoms with E-state index in [4.69, 9.17) is 14.0 Å². The Balaban J connectivity index is 1.23. The Bertz CT molecular complexity index is 3660. The van der Waals surface area contributed by atoms with Gasteiger partial charge in [-0.1, -0.05) is 152 Å². The second-order valence-electron chi connectivity index (χ2n) is 12.9. The van der Waals surface area contributed by atoms with Crippen LogP contribution in [0.3, 0.4) is 0 Å². The molecule has 0 fully saturated rings. The molecule has 0 saturated carbocycles. The molecule has 1 heterocycles. The first kappa shape index (κ1) is 20.7. The molecule has 0 radical (unpaired) electrons. The summed E-state index contributed by atoms with van der Waals surface area (Å²) in [6, 6.07) is 40.0. The fourth-order valence-electron chi connectivity index (χ4n) is 7.86. The highest BCUT2D eigenvalue weighted by molar-refractivity contribution is 6.23. The van der Waals surface area contributed by atoms with Crippen LogP contribution >= 0.6 is 0 Å². The van der Waals surface area contributed by atoms with Crippen molar-refractivity contribution in [1.82, 2.24) is 0 Å². The third-order valence-electron chi connectivity index (χ3n) is 10.1. The van der Waals surface area contributed by atoms with E-state index in [1.165, 1.54) is 5.39 Å². The molecule has 11 aromatic rings. The van der Waals surface area contributed by atoms with Gasteiger partial charge in [-0.05, 0) is 118 Å². The number of hydrogen-bond acceptors (Lipinski definition) is 1. The molecule has 0 aliphatic rings. The van der Waals surface area contributed by atoms with Crippen molar-refractivity contribution < 1.29 is 16.8 Å². The Hall–Kier alpha value is -6.70. The van der Waals surface area contributed by atoms with Crippen LogP contribution in [0, 0.1) is 0 Å². The van der Waals surface area contributed by atoms with Gasteiger partial charge in [0.15, 0.2) is 0 Å². The molecule has 10 aromatic carbocycles. The van der Waals surface area contributed by atoms with Crippen LogP contribution in [0.2, 0.25) is 0 Å². The quantitative estimate of drug-likeness (QED) is 0.173. The molecule has 1 nitrogen and oxygen atoms in total. The van der Waals surface area contributed by atoms with Crippen LogP contribution in [0.15, 0.2) is 186 Å². The second kappa shape index (κ2) is 10.9. The highest BCUT2D eigenvalue weighted by Crippen LogP contribution is 2.46. The third kappa shape index (κ3) is 4.28. The highest BCUT2D eigenvalue weighted by atomic mass is 16.3. The van der Waals surface area contributed by atoms with Crippen molar-refractivity contribution in [2.45, 2.75) is 0 Å². The van der Waals surface area contributed by atoms with Crippen molar-refractivity contribution in [2.75, 3.05) is 0 Å². The van der Waals surface area contributed by atoms with E-state index in [9.17, 15) is 2.74 Å². The Kier molecular flexibility index (Phi) is 4.43. The van der Waals surface area contributed by atoms with Crippen LogP contribution in [-0.2, 0) is 0 Å². The fraction of sp³-hybridized carbons (Fsp3) is 0. The normalized spacial score (nSPS) is 14.4. The minimum atomic E-state index is -0.532. The van der Waals surface area contributed by atoms with E-state index < -0.39 is 30.2 Å². The number of rotatable bonds is 3. The second-order valence-corrected chi connectivity index (χ2v) is 12.9. The lowest BCUT2D eigenvalue weighted by atomic mass is 9.84. The molecule has 236 valence electrons. The van der Waals surface area contributed by atoms with Crippen LogP contribution in [0.25, 0.3) is 109 Å². The molecule has 11 rings (SSSR count). The number of hydrogen-bond donors (Lipinski definition) is 0. The highest BCUT2D eigenvalue weighted by Gasteiger charge is 2.19. The summed E-state index contributed by atoms with van der Waals surface area (Å²) in [5.41, 5.74) is 4.77. The van der Waals surface area contributed by atoms with Gasteiger partial charge in [-0.25, -0.2) is 0 Å². The van der Waals surface area contributed by atoms with Gasteiger partial charge in [0.05, 0.1) is 12.3 Å². The van der Waals surface area contributed by atoms with Crippen molar-refractivity contribution in [3.63, 3.8) is 0 Å². The van der Waals surface area contributed by atoms with E-state index in [0.717, 1.165) is 60.0 Å². The number of furan rings is 1. The molecule has 1 heteroatoms. The van der Waals surface area contributed by atoms with Crippen LogP contribution in [0.1, 0.15) is 12.3 Å². The average Bonchev–Trinajstić information content (AvgIpc) is 3.68. The molecular formula is C50H30O. The van der Waals surface area contributed by atoms with Gasteiger partial charge in [0.2, 0.25) is 0 Å². The lowest BCUT2D eigenvalue weighted by Crippen LogP contribution is -1.91. The van der Waals surface area contributed by atoms with Crippen molar-refractivity contribution in [3.05, 3.63) is 182 Å². The monoisotopic (exact) mass is 655 g/mol. The Labute approximate surface area is 307 Å². The van der Waals surface area contributed by atoms with E-state index in [1.54, 1.807) is 0 Å². The molecule has 0 aliphatic carbocycles. The number of fused-ring (bicyclic) bond motifs is 8. The maximum absolute atomic E-state index is 9.41. The minimum absolute atomic E-state index is 0.0546. The first-order valence-electron chi connectivity index (χ1n) is 21.4. The van der Waals surface area contributed by atoms with Crippen molar-refractivity contribution in [2.24, 2.45) is 0 Å². The predicted molar refractivity (Wildman–Crippen MR) is 218 cm³/mol. The smallest absolute Gasteiger partial charge is 0.136 e. The topological polar surface area (TPSA) is 13.1 Å². The van der Waals surface area contributed by atoms with Gasteiger partial charge in [-0.3, -0.25) is 0 Å². The zero-order valence-electron chi connectivity index (χ0n) is 36.0. The third-order valence-corrected chi connectivity index (χ3v) is 10.1. The predicted octanol–water partition coefficient (Wildman–Crippen LogP) is 14.4. The molecule has 0 atom stereocenters. The molecule has 0 amide bonds. The largest absolute Gasteiger partial charge is 0.456 e. The summed E-state index contributed by atoms with van der Waals surface area (Å²) in [7, 11) is 0. The summed E-state index contributed by atoms with van der Waals surface area (Å²) >= 11 is 0. The molecule has 0 bridgehead atoms. The molecule has 0 aliphatic heterocycles. The Morgan fingerprint density at radius 2 is 0.980 bits per heavy atom. The summed E-state index contributed by atoms with van der Waals surface area (Å²) in [6.07, 6.45) is 0. The zero-order valence-corrected chi connectivity index (χ0v) is 27.0. The van der Waals surface area contributed by atoms with Gasteiger partial charge in [-0.2, -0.15) is 0 Å². The SMILES string of the molecule is [2H]c1c([2H])c(-c2cccc3ccc(-c4c5ccccc5c(-c5ccc6ccccc6c5)c5ccccc45)cc23)c2c(oc3c([2H])c4c([2H])c([2H])c([2H])c([2H])c4c([2H])c32)c1[2H]. The van der Waals surface area contributed by atoms with Gasteiger partial charge < -0.3 is 4.42 Å². The molecule has 0 N–H and O–H groups in total. The van der Waals surface area contributed by atoms with Crippen LogP contribution in [0.5, 0.6) is 0 Å². The average molecular weight is 656 g/mol. The van der Waals surface area contributed by atoms with Gasteiger partial charge in [0, 0.05) is 10.8 Å². The van der Waals surface area contributed by atoms with Crippen molar-refractivity contribution >= 4 is 75.8 Å². The molecular weight excluding hydrogens is 617 g/mol. The first-order valence-corrected chi connectivity index (χ1v) is 16.9. The molecule has 51 heavy (non-hydrogen) atoms. The summed E-state index contributed by atoms with van der Waals surface area (Å²) in [4.78, 5) is 0. The van der Waals surface area contributed by atoms with Gasteiger partial charge >= 0.3 is 0 Å². The first-order chi connectivity index (χ1) is 29.0. The van der Waals surface area contributed by atoms with Crippen LogP contribution in [-0.4, -0.2) is 0 Å². The molecule has 0 spiro atoms. The van der Waals surface area contributed by atoms with E-state index in [1.807, 2.05) is 42.5 Å². The number of benzene rings is 10. The maximum atomic E-state index is 9.41. The summed E-state index contributed by atoms with van der Waals surface area (Å²) in [5, 5.41) is 8.17. The standard InChI is InChI=1S/C50H30O/c1-2-12-33-27-36(25-23-31(33)11-1)48-40-16-5-7-18-42(40)49(43-19-8-6-17-41(43)48)37-26-24-32-15-9-20-38(44(32)29-37)39-21-10-22-46-50(39)45-28-34-13-3-4-14-35(34)30-47(45)51-46/h1-30H/i3D,4D,10D,13D,14D,21D,22D,28D,30D. The van der Waals surface area contributed by atoms with Gasteiger partial charge in [0.1, 0.15) is 11.2 Å². The van der Waals surface area contributed by atoms with Crippen molar-refractivity contribution in [1.29, 1.82) is 0 Å². The van der Waals surface area contributed by atoms with Gasteiger partial charge in [0.25, 0.3) is 0 Å². The van der Waals surface area contributed by atoms with E-state index >= 15 is 0 Å². The van der Waals surface area contributed by atoms with Crippen LogP contribution in [0.4, 0.5) is 0 Å². The molecule has 0 saturated heterocycles. The van der Waals surface area contributed by atoms with Crippen molar-refractivity contribution in [3.8, 4) is 33.4 Å². The lowest BCUT2D eigenvalue weighted by molar-refractivity contribution is 0.669.